The largest absolute Gasteiger partial charge is 0.463 e. The molecule has 2 aliphatic rings. The summed E-state index contributed by atoms with van der Waals surface area (Å²) in [5.41, 5.74) is 1.99. The van der Waals surface area contributed by atoms with Crippen molar-refractivity contribution in [2.75, 3.05) is 45.9 Å². The number of amides is 3. The minimum atomic E-state index is -0.562. The van der Waals surface area contributed by atoms with Crippen molar-refractivity contribution < 1.29 is 19.1 Å². The van der Waals surface area contributed by atoms with Gasteiger partial charge in [-0.2, -0.15) is 0 Å². The van der Waals surface area contributed by atoms with Crippen LogP contribution in [0.3, 0.4) is 0 Å². The van der Waals surface area contributed by atoms with Gasteiger partial charge < -0.3 is 15.0 Å². The monoisotopic (exact) mass is 428 g/mol. The van der Waals surface area contributed by atoms with Gasteiger partial charge in [-0.3, -0.25) is 14.6 Å². The molecule has 1 atom stereocenters. The number of benzene rings is 1. The average molecular weight is 429 g/mol. The van der Waals surface area contributed by atoms with Crippen molar-refractivity contribution in [1.29, 1.82) is 0 Å². The SMILES string of the molecule is CCOC(=O)C1=C(CN2CCN(C(=O)CC)CC2)N(CC)C(=O)NC1c1ccccc1. The molecule has 8 heteroatoms. The van der Waals surface area contributed by atoms with Crippen molar-refractivity contribution in [3.8, 4) is 0 Å². The predicted octanol–water partition coefficient (Wildman–Crippen LogP) is 2.14. The zero-order valence-corrected chi connectivity index (χ0v) is 18.6. The highest BCUT2D eigenvalue weighted by Crippen LogP contribution is 2.32. The summed E-state index contributed by atoms with van der Waals surface area (Å²) in [5.74, 6) is -0.257. The molecule has 0 aromatic heterocycles. The lowest BCUT2D eigenvalue weighted by atomic mass is 9.94. The molecule has 1 aromatic carbocycles. The Morgan fingerprint density at radius 2 is 1.74 bits per heavy atom. The number of likely N-dealkylation sites (N-methyl/N-ethyl adjacent to an activating group) is 1. The number of carbonyl (C=O) groups is 3. The number of piperazine rings is 1. The van der Waals surface area contributed by atoms with Crippen LogP contribution in [-0.4, -0.2) is 78.5 Å². The van der Waals surface area contributed by atoms with E-state index < -0.39 is 12.0 Å². The Labute approximate surface area is 183 Å². The zero-order valence-electron chi connectivity index (χ0n) is 18.6. The average Bonchev–Trinajstić information content (AvgIpc) is 2.79. The molecule has 8 nitrogen and oxygen atoms in total. The topological polar surface area (TPSA) is 82.2 Å². The molecule has 0 spiro atoms. The molecule has 0 bridgehead atoms. The Morgan fingerprint density at radius 1 is 1.06 bits per heavy atom. The first-order valence-corrected chi connectivity index (χ1v) is 11.0. The summed E-state index contributed by atoms with van der Waals surface area (Å²) in [4.78, 5) is 43.7. The van der Waals surface area contributed by atoms with Crippen LogP contribution in [0.2, 0.25) is 0 Å². The van der Waals surface area contributed by atoms with E-state index in [-0.39, 0.29) is 18.5 Å². The maximum Gasteiger partial charge on any atom is 0.338 e. The number of urea groups is 1. The fraction of sp³-hybridized carbons (Fsp3) is 0.522. The standard InChI is InChI=1S/C23H32N4O4/c1-4-19(28)26-14-12-25(13-15-26)16-18-20(22(29)31-6-3)21(17-10-8-7-9-11-17)24-23(30)27(18)5-2/h7-11,21H,4-6,12-16H2,1-3H3,(H,24,30). The van der Waals surface area contributed by atoms with Gasteiger partial charge in [0.25, 0.3) is 0 Å². The van der Waals surface area contributed by atoms with Gasteiger partial charge in [0.15, 0.2) is 0 Å². The third-order valence-corrected chi connectivity index (χ3v) is 5.78. The van der Waals surface area contributed by atoms with Gasteiger partial charge >= 0.3 is 12.0 Å². The molecule has 2 heterocycles. The fourth-order valence-corrected chi connectivity index (χ4v) is 4.14. The van der Waals surface area contributed by atoms with Gasteiger partial charge in [-0.05, 0) is 19.4 Å². The molecule has 1 fully saturated rings. The molecule has 1 aromatic rings. The Hall–Kier alpha value is -2.87. The molecule has 31 heavy (non-hydrogen) atoms. The number of carbonyl (C=O) groups excluding carboxylic acids is 3. The molecular weight excluding hydrogens is 396 g/mol. The Kier molecular flexibility index (Phi) is 7.68. The van der Waals surface area contributed by atoms with E-state index >= 15 is 0 Å². The minimum absolute atomic E-state index is 0.155. The van der Waals surface area contributed by atoms with E-state index in [1.807, 2.05) is 49.1 Å². The number of nitrogens with zero attached hydrogens (tertiary/aromatic N) is 3. The molecule has 0 radical (unpaired) electrons. The van der Waals surface area contributed by atoms with Gasteiger partial charge in [0.05, 0.1) is 18.2 Å². The first kappa shape index (κ1) is 22.8. The van der Waals surface area contributed by atoms with Gasteiger partial charge in [0, 0.05) is 51.4 Å². The summed E-state index contributed by atoms with van der Waals surface area (Å²) >= 11 is 0. The van der Waals surface area contributed by atoms with E-state index in [2.05, 4.69) is 10.2 Å². The van der Waals surface area contributed by atoms with Crippen molar-refractivity contribution in [1.82, 2.24) is 20.0 Å². The quantitative estimate of drug-likeness (QED) is 0.673. The first-order chi connectivity index (χ1) is 15.0. The number of hydrogen-bond acceptors (Lipinski definition) is 5. The molecule has 1 saturated heterocycles. The molecule has 3 amide bonds. The van der Waals surface area contributed by atoms with E-state index in [4.69, 9.17) is 4.74 Å². The van der Waals surface area contributed by atoms with Crippen molar-refractivity contribution >= 4 is 17.9 Å². The van der Waals surface area contributed by atoms with Crippen LogP contribution in [0, 0.1) is 0 Å². The van der Waals surface area contributed by atoms with Crippen LogP contribution >= 0.6 is 0 Å². The smallest absolute Gasteiger partial charge is 0.338 e. The number of nitrogens with one attached hydrogen (secondary N) is 1. The summed E-state index contributed by atoms with van der Waals surface area (Å²) in [5, 5.41) is 2.98. The second-order valence-electron chi connectivity index (χ2n) is 7.63. The van der Waals surface area contributed by atoms with Crippen LogP contribution in [0.4, 0.5) is 4.79 Å². The Morgan fingerprint density at radius 3 is 2.32 bits per heavy atom. The van der Waals surface area contributed by atoms with Gasteiger partial charge in [-0.25, -0.2) is 9.59 Å². The summed E-state index contributed by atoms with van der Waals surface area (Å²) in [6.45, 7) is 9.38. The van der Waals surface area contributed by atoms with Crippen molar-refractivity contribution in [3.63, 3.8) is 0 Å². The third kappa shape index (κ3) is 5.07. The van der Waals surface area contributed by atoms with Crippen molar-refractivity contribution in [2.24, 2.45) is 0 Å². The summed E-state index contributed by atoms with van der Waals surface area (Å²) in [6, 6.07) is 8.70. The highest BCUT2D eigenvalue weighted by molar-refractivity contribution is 5.95. The maximum atomic E-state index is 13.1. The molecule has 3 rings (SSSR count). The zero-order chi connectivity index (χ0) is 22.4. The molecule has 168 valence electrons. The van der Waals surface area contributed by atoms with Gasteiger partial charge in [-0.1, -0.05) is 37.3 Å². The van der Waals surface area contributed by atoms with Crippen LogP contribution in [0.25, 0.3) is 0 Å². The summed E-state index contributed by atoms with van der Waals surface area (Å²) in [7, 11) is 0. The van der Waals surface area contributed by atoms with Crippen LogP contribution in [0.15, 0.2) is 41.6 Å². The first-order valence-electron chi connectivity index (χ1n) is 11.0. The fourth-order valence-electron chi connectivity index (χ4n) is 4.14. The van der Waals surface area contributed by atoms with E-state index in [1.165, 1.54) is 0 Å². The normalized spacial score (nSPS) is 20.0. The summed E-state index contributed by atoms with van der Waals surface area (Å²) in [6.07, 6.45) is 0.501. The molecule has 0 saturated carbocycles. The number of ether oxygens (including phenoxy) is 1. The predicted molar refractivity (Wildman–Crippen MR) is 117 cm³/mol. The number of esters is 1. The maximum absolute atomic E-state index is 13.1. The van der Waals surface area contributed by atoms with Gasteiger partial charge in [0.2, 0.25) is 5.91 Å². The Balaban J connectivity index is 1.94. The molecule has 2 aliphatic heterocycles. The van der Waals surface area contributed by atoms with Crippen molar-refractivity contribution in [3.05, 3.63) is 47.2 Å². The highest BCUT2D eigenvalue weighted by atomic mass is 16.5. The molecule has 1 unspecified atom stereocenters. The lowest BCUT2D eigenvalue weighted by Crippen LogP contribution is -2.53. The molecule has 0 aliphatic carbocycles. The van der Waals surface area contributed by atoms with Crippen LogP contribution in [0.1, 0.15) is 38.8 Å². The van der Waals surface area contributed by atoms with E-state index in [9.17, 15) is 14.4 Å². The highest BCUT2D eigenvalue weighted by Gasteiger charge is 2.38. The summed E-state index contributed by atoms with van der Waals surface area (Å²) < 4.78 is 5.40. The van der Waals surface area contributed by atoms with Crippen LogP contribution < -0.4 is 5.32 Å². The second-order valence-corrected chi connectivity index (χ2v) is 7.63. The van der Waals surface area contributed by atoms with E-state index in [0.29, 0.717) is 57.0 Å². The van der Waals surface area contributed by atoms with Crippen LogP contribution in [-0.2, 0) is 14.3 Å². The van der Waals surface area contributed by atoms with E-state index in [0.717, 1.165) is 5.56 Å². The van der Waals surface area contributed by atoms with Crippen molar-refractivity contribution in [2.45, 2.75) is 33.2 Å². The van der Waals surface area contributed by atoms with Gasteiger partial charge in [-0.15, -0.1) is 0 Å². The lowest BCUT2D eigenvalue weighted by molar-refractivity contribution is -0.139. The van der Waals surface area contributed by atoms with Gasteiger partial charge in [0.1, 0.15) is 0 Å². The lowest BCUT2D eigenvalue weighted by Gasteiger charge is -2.40. The number of rotatable bonds is 7. The number of hydrogen-bond donors (Lipinski definition) is 1. The molecule has 1 N–H and O–H groups in total. The molecular formula is C23H32N4O4. The van der Waals surface area contributed by atoms with E-state index in [1.54, 1.807) is 11.8 Å². The Bertz CT molecular complexity index is 831. The van der Waals surface area contributed by atoms with Crippen LogP contribution in [0.5, 0.6) is 0 Å². The third-order valence-electron chi connectivity index (χ3n) is 5.78. The minimum Gasteiger partial charge on any atom is -0.463 e. The second kappa shape index (κ2) is 10.4.